The zero-order valence-electron chi connectivity index (χ0n) is 16.3. The van der Waals surface area contributed by atoms with Gasteiger partial charge in [-0.05, 0) is 46.6 Å². The maximum absolute atomic E-state index is 13.9. The maximum atomic E-state index is 13.9. The summed E-state index contributed by atoms with van der Waals surface area (Å²) in [6.07, 6.45) is 0.589. The number of halogens is 3. The SMILES string of the molecule is CCn1c(Cc2ccc(OC)cc2)nnc1SCC(=O)Nc1c(F)cc(F)cc1Br. The first kappa shape index (κ1) is 22.2. The Kier molecular flexibility index (Phi) is 7.43. The average Bonchev–Trinajstić information content (AvgIpc) is 3.11. The van der Waals surface area contributed by atoms with Crippen molar-refractivity contribution in [2.75, 3.05) is 18.2 Å². The van der Waals surface area contributed by atoms with Crippen molar-refractivity contribution in [2.24, 2.45) is 0 Å². The molecule has 0 aliphatic heterocycles. The Morgan fingerprint density at radius 2 is 1.97 bits per heavy atom. The maximum Gasteiger partial charge on any atom is 0.234 e. The molecule has 158 valence electrons. The lowest BCUT2D eigenvalue weighted by molar-refractivity contribution is -0.113. The van der Waals surface area contributed by atoms with Crippen molar-refractivity contribution in [3.8, 4) is 5.75 Å². The number of hydrogen-bond acceptors (Lipinski definition) is 5. The minimum atomic E-state index is -0.848. The molecule has 3 aromatic rings. The van der Waals surface area contributed by atoms with Crippen LogP contribution in [0, 0.1) is 11.6 Å². The predicted molar refractivity (Wildman–Crippen MR) is 115 cm³/mol. The molecule has 1 amide bonds. The van der Waals surface area contributed by atoms with Gasteiger partial charge in [0.25, 0.3) is 0 Å². The smallest absolute Gasteiger partial charge is 0.234 e. The number of aromatic nitrogens is 3. The molecule has 10 heteroatoms. The number of amides is 1. The molecule has 2 aromatic carbocycles. The molecule has 0 aliphatic rings. The van der Waals surface area contributed by atoms with E-state index >= 15 is 0 Å². The van der Waals surface area contributed by atoms with E-state index in [-0.39, 0.29) is 15.9 Å². The highest BCUT2D eigenvalue weighted by molar-refractivity contribution is 9.10. The zero-order valence-corrected chi connectivity index (χ0v) is 18.7. The predicted octanol–water partition coefficient (Wildman–Crippen LogP) is 4.67. The largest absolute Gasteiger partial charge is 0.497 e. The number of nitrogens with zero attached hydrogens (tertiary/aromatic N) is 3. The number of carbonyl (C=O) groups excluding carboxylic acids is 1. The average molecular weight is 497 g/mol. The Balaban J connectivity index is 1.65. The van der Waals surface area contributed by atoms with Gasteiger partial charge in [-0.25, -0.2) is 8.78 Å². The van der Waals surface area contributed by atoms with Crippen LogP contribution < -0.4 is 10.1 Å². The first-order chi connectivity index (χ1) is 14.4. The van der Waals surface area contributed by atoms with Crippen molar-refractivity contribution in [2.45, 2.75) is 25.0 Å². The lowest BCUT2D eigenvalue weighted by Crippen LogP contribution is -2.16. The number of methoxy groups -OCH3 is 1. The van der Waals surface area contributed by atoms with Gasteiger partial charge in [-0.3, -0.25) is 4.79 Å². The van der Waals surface area contributed by atoms with E-state index in [1.165, 1.54) is 11.8 Å². The fourth-order valence-electron chi connectivity index (χ4n) is 2.77. The van der Waals surface area contributed by atoms with Crippen molar-refractivity contribution >= 4 is 39.3 Å². The number of rotatable bonds is 8. The Morgan fingerprint density at radius 1 is 1.23 bits per heavy atom. The minimum Gasteiger partial charge on any atom is -0.497 e. The van der Waals surface area contributed by atoms with E-state index in [0.717, 1.165) is 23.2 Å². The normalized spacial score (nSPS) is 10.8. The Morgan fingerprint density at radius 3 is 2.60 bits per heavy atom. The molecule has 0 bridgehead atoms. The molecular formula is C20H19BrF2N4O2S. The van der Waals surface area contributed by atoms with Crippen LogP contribution in [0.15, 0.2) is 46.0 Å². The molecule has 0 unspecified atom stereocenters. The fourth-order valence-corrected chi connectivity index (χ4v) is 4.10. The van der Waals surface area contributed by atoms with E-state index in [1.807, 2.05) is 35.8 Å². The van der Waals surface area contributed by atoms with Crippen LogP contribution in [0.2, 0.25) is 0 Å². The van der Waals surface area contributed by atoms with E-state index in [1.54, 1.807) is 7.11 Å². The van der Waals surface area contributed by atoms with Crippen LogP contribution in [-0.2, 0) is 17.8 Å². The Bertz CT molecular complexity index is 1020. The second kappa shape index (κ2) is 10.0. The summed E-state index contributed by atoms with van der Waals surface area (Å²) in [5, 5.41) is 11.5. The van der Waals surface area contributed by atoms with Gasteiger partial charge in [0.1, 0.15) is 17.4 Å². The summed E-state index contributed by atoms with van der Waals surface area (Å²) in [4.78, 5) is 12.3. The van der Waals surface area contributed by atoms with Crippen molar-refractivity contribution < 1.29 is 18.3 Å². The van der Waals surface area contributed by atoms with Crippen molar-refractivity contribution in [3.63, 3.8) is 0 Å². The molecule has 1 aromatic heterocycles. The lowest BCUT2D eigenvalue weighted by atomic mass is 10.1. The molecule has 0 radical (unpaired) electrons. The number of nitrogens with one attached hydrogen (secondary N) is 1. The standard InChI is InChI=1S/C20H19BrF2N4O2S/c1-3-27-17(8-12-4-6-14(29-2)7-5-12)25-26-20(27)30-11-18(28)24-19-15(21)9-13(22)10-16(19)23/h4-7,9-10H,3,8,11H2,1-2H3,(H,24,28). The molecule has 6 nitrogen and oxygen atoms in total. The molecule has 1 N–H and O–H groups in total. The fraction of sp³-hybridized carbons (Fsp3) is 0.250. The summed E-state index contributed by atoms with van der Waals surface area (Å²) in [6.45, 7) is 2.61. The highest BCUT2D eigenvalue weighted by atomic mass is 79.9. The van der Waals surface area contributed by atoms with Crippen LogP contribution in [0.3, 0.4) is 0 Å². The minimum absolute atomic E-state index is 0.00389. The molecule has 0 atom stereocenters. The molecule has 1 heterocycles. The van der Waals surface area contributed by atoms with Crippen LogP contribution in [0.4, 0.5) is 14.5 Å². The molecule has 0 saturated carbocycles. The zero-order chi connectivity index (χ0) is 21.7. The van der Waals surface area contributed by atoms with Crippen molar-refractivity contribution in [1.82, 2.24) is 14.8 Å². The molecule has 3 rings (SSSR count). The topological polar surface area (TPSA) is 69.0 Å². The van der Waals surface area contributed by atoms with Gasteiger partial charge < -0.3 is 14.6 Å². The van der Waals surface area contributed by atoms with Crippen LogP contribution >= 0.6 is 27.7 Å². The van der Waals surface area contributed by atoms with Gasteiger partial charge in [0.15, 0.2) is 11.0 Å². The van der Waals surface area contributed by atoms with Crippen molar-refractivity contribution in [1.29, 1.82) is 0 Å². The number of carbonyl (C=O) groups is 1. The van der Waals surface area contributed by atoms with Gasteiger partial charge in [0, 0.05) is 23.5 Å². The number of hydrogen-bond donors (Lipinski definition) is 1. The second-order valence-corrected chi connectivity index (χ2v) is 8.05. The molecule has 0 aliphatic carbocycles. The van der Waals surface area contributed by atoms with E-state index in [9.17, 15) is 13.6 Å². The monoisotopic (exact) mass is 496 g/mol. The van der Waals surface area contributed by atoms with E-state index < -0.39 is 17.5 Å². The number of thioether (sulfide) groups is 1. The number of benzene rings is 2. The quantitative estimate of drug-likeness (QED) is 0.459. The van der Waals surface area contributed by atoms with E-state index in [4.69, 9.17) is 4.74 Å². The first-order valence-corrected chi connectivity index (χ1v) is 10.8. The van der Waals surface area contributed by atoms with E-state index in [2.05, 4.69) is 31.4 Å². The molecule has 0 saturated heterocycles. The molecule has 30 heavy (non-hydrogen) atoms. The second-order valence-electron chi connectivity index (χ2n) is 6.25. The summed E-state index contributed by atoms with van der Waals surface area (Å²) in [5.41, 5.74) is 0.961. The summed E-state index contributed by atoms with van der Waals surface area (Å²) in [6, 6.07) is 9.49. The lowest BCUT2D eigenvalue weighted by Gasteiger charge is -2.10. The number of ether oxygens (including phenoxy) is 1. The molecule has 0 spiro atoms. The van der Waals surface area contributed by atoms with Crippen LogP contribution in [0.25, 0.3) is 0 Å². The van der Waals surface area contributed by atoms with Crippen LogP contribution in [0.5, 0.6) is 5.75 Å². The van der Waals surface area contributed by atoms with E-state index in [0.29, 0.717) is 24.2 Å². The third-order valence-corrected chi connectivity index (χ3v) is 5.83. The highest BCUT2D eigenvalue weighted by Gasteiger charge is 2.16. The van der Waals surface area contributed by atoms with Gasteiger partial charge in [0.05, 0.1) is 18.6 Å². The van der Waals surface area contributed by atoms with Gasteiger partial charge in [-0.15, -0.1) is 10.2 Å². The molecular weight excluding hydrogens is 478 g/mol. The van der Waals surface area contributed by atoms with Gasteiger partial charge in [-0.1, -0.05) is 23.9 Å². The Hall–Kier alpha value is -2.46. The Labute approximate surface area is 185 Å². The first-order valence-electron chi connectivity index (χ1n) is 9.03. The van der Waals surface area contributed by atoms with Crippen LogP contribution in [-0.4, -0.2) is 33.5 Å². The van der Waals surface area contributed by atoms with Gasteiger partial charge >= 0.3 is 0 Å². The molecule has 0 fully saturated rings. The van der Waals surface area contributed by atoms with Crippen molar-refractivity contribution in [3.05, 3.63) is 63.9 Å². The summed E-state index contributed by atoms with van der Waals surface area (Å²) < 4.78 is 34.3. The third kappa shape index (κ3) is 5.37. The van der Waals surface area contributed by atoms with Gasteiger partial charge in [-0.2, -0.15) is 0 Å². The van der Waals surface area contributed by atoms with Crippen LogP contribution in [0.1, 0.15) is 18.3 Å². The summed E-state index contributed by atoms with van der Waals surface area (Å²) >= 11 is 4.25. The highest BCUT2D eigenvalue weighted by Crippen LogP contribution is 2.27. The number of anilines is 1. The van der Waals surface area contributed by atoms with Gasteiger partial charge in [0.2, 0.25) is 5.91 Å². The third-order valence-electron chi connectivity index (χ3n) is 4.23. The summed E-state index contributed by atoms with van der Waals surface area (Å²) in [5.74, 6) is -0.455. The summed E-state index contributed by atoms with van der Waals surface area (Å²) in [7, 11) is 1.62.